The van der Waals surface area contributed by atoms with Crippen LogP contribution in [0.1, 0.15) is 16.1 Å². The molecule has 2 N–H and O–H groups in total. The molecular formula is C20H16Cl2N2O3. The van der Waals surface area contributed by atoms with Crippen molar-refractivity contribution in [3.63, 3.8) is 0 Å². The monoisotopic (exact) mass is 402 g/mol. The van der Waals surface area contributed by atoms with Crippen molar-refractivity contribution in [1.29, 1.82) is 0 Å². The van der Waals surface area contributed by atoms with Gasteiger partial charge in [0.15, 0.2) is 5.76 Å². The molecule has 5 nitrogen and oxygen atoms in total. The Morgan fingerprint density at radius 2 is 1.74 bits per heavy atom. The Kier molecular flexibility index (Phi) is 6.16. The summed E-state index contributed by atoms with van der Waals surface area (Å²) in [7, 11) is 0. The average Bonchev–Trinajstić information content (AvgIpc) is 3.20. The Morgan fingerprint density at radius 1 is 0.963 bits per heavy atom. The van der Waals surface area contributed by atoms with Crippen LogP contribution in [0, 0.1) is 0 Å². The van der Waals surface area contributed by atoms with E-state index in [-0.39, 0.29) is 11.7 Å². The molecule has 0 fully saturated rings. The lowest BCUT2D eigenvalue weighted by Crippen LogP contribution is -2.45. The second kappa shape index (κ2) is 8.75. The van der Waals surface area contributed by atoms with Crippen LogP contribution in [0.25, 0.3) is 0 Å². The molecule has 3 aromatic rings. The molecule has 1 atom stereocenters. The van der Waals surface area contributed by atoms with Gasteiger partial charge in [-0.3, -0.25) is 9.59 Å². The predicted octanol–water partition coefficient (Wildman–Crippen LogP) is 4.57. The van der Waals surface area contributed by atoms with Crippen LogP contribution in [-0.2, 0) is 11.2 Å². The predicted molar refractivity (Wildman–Crippen MR) is 105 cm³/mol. The maximum absolute atomic E-state index is 12.8. The van der Waals surface area contributed by atoms with Crippen LogP contribution in [0.3, 0.4) is 0 Å². The van der Waals surface area contributed by atoms with E-state index in [0.29, 0.717) is 22.2 Å². The van der Waals surface area contributed by atoms with Crippen LogP contribution >= 0.6 is 23.2 Å². The SMILES string of the molecule is O=C(NC(Cc1ccccc1)C(=O)Nc1ccc(Cl)c(Cl)c1)c1ccco1. The lowest BCUT2D eigenvalue weighted by Gasteiger charge is -2.18. The molecule has 3 rings (SSSR count). The van der Waals surface area contributed by atoms with Crippen molar-refractivity contribution in [1.82, 2.24) is 5.32 Å². The van der Waals surface area contributed by atoms with Gasteiger partial charge in [0.25, 0.3) is 5.91 Å². The minimum absolute atomic E-state index is 0.135. The fraction of sp³-hybridized carbons (Fsp3) is 0.100. The molecule has 0 saturated carbocycles. The fourth-order valence-corrected chi connectivity index (χ4v) is 2.80. The second-order valence-corrected chi connectivity index (χ2v) is 6.63. The third-order valence-corrected chi connectivity index (χ3v) is 4.58. The highest BCUT2D eigenvalue weighted by Crippen LogP contribution is 2.25. The zero-order valence-electron chi connectivity index (χ0n) is 14.1. The summed E-state index contributed by atoms with van der Waals surface area (Å²) >= 11 is 11.9. The molecule has 0 bridgehead atoms. The number of furan rings is 1. The number of halogens is 2. The zero-order valence-corrected chi connectivity index (χ0v) is 15.6. The number of amides is 2. The van der Waals surface area contributed by atoms with E-state index in [2.05, 4.69) is 10.6 Å². The van der Waals surface area contributed by atoms with Gasteiger partial charge < -0.3 is 15.1 Å². The van der Waals surface area contributed by atoms with Gasteiger partial charge in [-0.1, -0.05) is 53.5 Å². The number of benzene rings is 2. The molecule has 138 valence electrons. The van der Waals surface area contributed by atoms with Crippen LogP contribution < -0.4 is 10.6 Å². The Hall–Kier alpha value is -2.76. The number of nitrogens with one attached hydrogen (secondary N) is 2. The van der Waals surface area contributed by atoms with Gasteiger partial charge in [0, 0.05) is 12.1 Å². The minimum Gasteiger partial charge on any atom is -0.459 e. The van der Waals surface area contributed by atoms with Gasteiger partial charge in [-0.2, -0.15) is 0 Å². The van der Waals surface area contributed by atoms with Crippen molar-refractivity contribution in [2.75, 3.05) is 5.32 Å². The van der Waals surface area contributed by atoms with Gasteiger partial charge in [0.2, 0.25) is 5.91 Å². The Balaban J connectivity index is 1.77. The standard InChI is InChI=1S/C20H16Cl2N2O3/c21-15-9-8-14(12-16(15)22)23-19(25)17(11-13-5-2-1-3-6-13)24-20(26)18-7-4-10-27-18/h1-10,12,17H,11H2,(H,23,25)(H,24,26). The highest BCUT2D eigenvalue weighted by atomic mass is 35.5. The molecule has 27 heavy (non-hydrogen) atoms. The summed E-state index contributed by atoms with van der Waals surface area (Å²) < 4.78 is 5.10. The summed E-state index contributed by atoms with van der Waals surface area (Å²) in [6.45, 7) is 0. The highest BCUT2D eigenvalue weighted by molar-refractivity contribution is 6.42. The molecular weight excluding hydrogens is 387 g/mol. The van der Waals surface area contributed by atoms with Crippen LogP contribution in [0.4, 0.5) is 5.69 Å². The van der Waals surface area contributed by atoms with Crippen molar-refractivity contribution in [2.45, 2.75) is 12.5 Å². The number of hydrogen-bond donors (Lipinski definition) is 2. The third-order valence-electron chi connectivity index (χ3n) is 3.84. The van der Waals surface area contributed by atoms with Crippen LogP contribution in [0.15, 0.2) is 71.3 Å². The fourth-order valence-electron chi connectivity index (χ4n) is 2.50. The summed E-state index contributed by atoms with van der Waals surface area (Å²) in [4.78, 5) is 25.1. The summed E-state index contributed by atoms with van der Waals surface area (Å²) in [5, 5.41) is 6.18. The van der Waals surface area contributed by atoms with Gasteiger partial charge in [0.05, 0.1) is 16.3 Å². The average molecular weight is 403 g/mol. The van der Waals surface area contributed by atoms with Gasteiger partial charge in [-0.25, -0.2) is 0 Å². The first-order valence-electron chi connectivity index (χ1n) is 8.17. The molecule has 1 unspecified atom stereocenters. The lowest BCUT2D eigenvalue weighted by atomic mass is 10.0. The number of anilines is 1. The first kappa shape index (κ1) is 19.0. The number of carbonyl (C=O) groups is 2. The maximum atomic E-state index is 12.8. The molecule has 0 saturated heterocycles. The molecule has 0 aliphatic heterocycles. The molecule has 0 spiro atoms. The number of rotatable bonds is 6. The van der Waals surface area contributed by atoms with Gasteiger partial charge >= 0.3 is 0 Å². The summed E-state index contributed by atoms with van der Waals surface area (Å²) in [6, 6.07) is 16.5. The van der Waals surface area contributed by atoms with Crippen molar-refractivity contribution in [3.8, 4) is 0 Å². The first-order chi connectivity index (χ1) is 13.0. The van der Waals surface area contributed by atoms with E-state index in [1.54, 1.807) is 24.3 Å². The first-order valence-corrected chi connectivity index (χ1v) is 8.93. The molecule has 1 aromatic heterocycles. The topological polar surface area (TPSA) is 71.3 Å². The Labute approximate surface area is 166 Å². The van der Waals surface area contributed by atoms with E-state index in [0.717, 1.165) is 5.56 Å². The van der Waals surface area contributed by atoms with E-state index in [9.17, 15) is 9.59 Å². The van der Waals surface area contributed by atoms with Crippen LogP contribution in [-0.4, -0.2) is 17.9 Å². The third kappa shape index (κ3) is 5.12. The van der Waals surface area contributed by atoms with Crippen LogP contribution in [0.2, 0.25) is 10.0 Å². The highest BCUT2D eigenvalue weighted by Gasteiger charge is 2.23. The zero-order chi connectivity index (χ0) is 19.2. The Bertz CT molecular complexity index is 928. The van der Waals surface area contributed by atoms with E-state index in [1.165, 1.54) is 12.3 Å². The minimum atomic E-state index is -0.806. The van der Waals surface area contributed by atoms with E-state index < -0.39 is 11.9 Å². The quantitative estimate of drug-likeness (QED) is 0.634. The lowest BCUT2D eigenvalue weighted by molar-refractivity contribution is -0.118. The van der Waals surface area contributed by atoms with Crippen molar-refractivity contribution < 1.29 is 14.0 Å². The van der Waals surface area contributed by atoms with E-state index in [1.807, 2.05) is 30.3 Å². The molecule has 2 amide bonds. The molecule has 2 aromatic carbocycles. The van der Waals surface area contributed by atoms with Gasteiger partial charge in [-0.05, 0) is 35.9 Å². The van der Waals surface area contributed by atoms with Crippen molar-refractivity contribution in [2.24, 2.45) is 0 Å². The molecule has 1 heterocycles. The molecule has 0 aliphatic rings. The van der Waals surface area contributed by atoms with E-state index >= 15 is 0 Å². The maximum Gasteiger partial charge on any atom is 0.287 e. The van der Waals surface area contributed by atoms with Crippen LogP contribution in [0.5, 0.6) is 0 Å². The van der Waals surface area contributed by atoms with Gasteiger partial charge in [-0.15, -0.1) is 0 Å². The molecule has 0 aliphatic carbocycles. The normalized spacial score (nSPS) is 11.6. The summed E-state index contributed by atoms with van der Waals surface area (Å²) in [6.07, 6.45) is 1.72. The van der Waals surface area contributed by atoms with Gasteiger partial charge in [0.1, 0.15) is 6.04 Å². The Morgan fingerprint density at radius 3 is 2.41 bits per heavy atom. The number of hydrogen-bond acceptors (Lipinski definition) is 3. The summed E-state index contributed by atoms with van der Waals surface area (Å²) in [5.74, 6) is -0.710. The van der Waals surface area contributed by atoms with Crippen molar-refractivity contribution in [3.05, 3.63) is 88.3 Å². The largest absolute Gasteiger partial charge is 0.459 e. The molecule has 7 heteroatoms. The summed E-state index contributed by atoms with van der Waals surface area (Å²) in [5.41, 5.74) is 1.39. The number of carbonyl (C=O) groups excluding carboxylic acids is 2. The smallest absolute Gasteiger partial charge is 0.287 e. The van der Waals surface area contributed by atoms with Crippen molar-refractivity contribution >= 4 is 40.7 Å². The van der Waals surface area contributed by atoms with E-state index in [4.69, 9.17) is 27.6 Å². The second-order valence-electron chi connectivity index (χ2n) is 5.81. The molecule has 0 radical (unpaired) electrons.